The molecule has 0 atom stereocenters. The summed E-state index contributed by atoms with van der Waals surface area (Å²) in [6.07, 6.45) is 5.51. The van der Waals surface area contributed by atoms with Crippen LogP contribution in [0.2, 0.25) is 0 Å². The van der Waals surface area contributed by atoms with Gasteiger partial charge in [-0.2, -0.15) is 5.10 Å². The highest BCUT2D eigenvalue weighted by Gasteiger charge is 1.96. The third-order valence-electron chi connectivity index (χ3n) is 2.05. The lowest BCUT2D eigenvalue weighted by atomic mass is 10.1. The molecule has 3 nitrogen and oxygen atoms in total. The SMILES string of the molecule is CC(C)CCCCn1cn[nH]c1=S. The molecule has 0 saturated heterocycles. The van der Waals surface area contributed by atoms with Crippen LogP contribution in [0.4, 0.5) is 0 Å². The topological polar surface area (TPSA) is 33.6 Å². The van der Waals surface area contributed by atoms with Gasteiger partial charge in [-0.1, -0.05) is 26.7 Å². The van der Waals surface area contributed by atoms with Crippen LogP contribution in [0, 0.1) is 10.7 Å². The molecule has 0 radical (unpaired) electrons. The second-order valence-electron chi connectivity index (χ2n) is 3.74. The van der Waals surface area contributed by atoms with Gasteiger partial charge >= 0.3 is 0 Å². The number of aromatic amines is 1. The van der Waals surface area contributed by atoms with E-state index in [0.29, 0.717) is 0 Å². The minimum absolute atomic E-state index is 0.726. The van der Waals surface area contributed by atoms with E-state index in [9.17, 15) is 0 Å². The molecule has 0 unspecified atom stereocenters. The summed E-state index contributed by atoms with van der Waals surface area (Å²) in [6, 6.07) is 0. The van der Waals surface area contributed by atoms with Gasteiger partial charge < -0.3 is 4.57 Å². The molecular weight excluding hydrogens is 182 g/mol. The summed E-state index contributed by atoms with van der Waals surface area (Å²) in [7, 11) is 0. The van der Waals surface area contributed by atoms with Crippen molar-refractivity contribution >= 4 is 12.2 Å². The van der Waals surface area contributed by atoms with Crippen molar-refractivity contribution in [2.24, 2.45) is 5.92 Å². The first kappa shape index (κ1) is 10.4. The highest BCUT2D eigenvalue weighted by atomic mass is 32.1. The van der Waals surface area contributed by atoms with E-state index in [2.05, 4.69) is 24.0 Å². The molecule has 1 heterocycles. The van der Waals surface area contributed by atoms with Crippen LogP contribution in [-0.4, -0.2) is 14.8 Å². The maximum Gasteiger partial charge on any atom is 0.194 e. The summed E-state index contributed by atoms with van der Waals surface area (Å²) >= 11 is 5.03. The summed E-state index contributed by atoms with van der Waals surface area (Å²) in [5, 5.41) is 6.62. The number of hydrogen-bond acceptors (Lipinski definition) is 2. The fraction of sp³-hybridized carbons (Fsp3) is 0.778. The molecule has 0 bridgehead atoms. The summed E-state index contributed by atoms with van der Waals surface area (Å²) in [4.78, 5) is 0. The molecule has 1 aromatic heterocycles. The van der Waals surface area contributed by atoms with Gasteiger partial charge in [-0.05, 0) is 24.6 Å². The summed E-state index contributed by atoms with van der Waals surface area (Å²) < 4.78 is 2.71. The van der Waals surface area contributed by atoms with Crippen LogP contribution in [0.5, 0.6) is 0 Å². The Hall–Kier alpha value is -0.640. The second-order valence-corrected chi connectivity index (χ2v) is 4.13. The van der Waals surface area contributed by atoms with E-state index in [4.69, 9.17) is 12.2 Å². The number of aromatic nitrogens is 3. The predicted molar refractivity (Wildman–Crippen MR) is 56.1 cm³/mol. The standard InChI is InChI=1S/C9H17N3S/c1-8(2)5-3-4-6-12-7-10-11-9(12)13/h7-8H,3-6H2,1-2H3,(H,11,13). The Balaban J connectivity index is 2.21. The van der Waals surface area contributed by atoms with Crippen molar-refractivity contribution in [3.05, 3.63) is 11.1 Å². The molecule has 0 saturated carbocycles. The Kier molecular flexibility index (Phi) is 4.15. The molecule has 0 amide bonds. The third kappa shape index (κ3) is 3.72. The lowest BCUT2D eigenvalue weighted by Gasteiger charge is -2.04. The monoisotopic (exact) mass is 199 g/mol. The Morgan fingerprint density at radius 1 is 1.54 bits per heavy atom. The van der Waals surface area contributed by atoms with Crippen LogP contribution in [0.3, 0.4) is 0 Å². The molecule has 0 fully saturated rings. The number of unbranched alkanes of at least 4 members (excludes halogenated alkanes) is 1. The summed E-state index contributed by atoms with van der Waals surface area (Å²) in [5.41, 5.74) is 0. The fourth-order valence-electron chi connectivity index (χ4n) is 1.26. The Morgan fingerprint density at radius 3 is 2.85 bits per heavy atom. The van der Waals surface area contributed by atoms with Crippen molar-refractivity contribution in [2.45, 2.75) is 39.7 Å². The smallest absolute Gasteiger partial charge is 0.194 e. The van der Waals surface area contributed by atoms with Crippen molar-refractivity contribution in [3.63, 3.8) is 0 Å². The van der Waals surface area contributed by atoms with Gasteiger partial charge in [-0.3, -0.25) is 5.10 Å². The average molecular weight is 199 g/mol. The molecule has 0 aliphatic carbocycles. The highest BCUT2D eigenvalue weighted by Crippen LogP contribution is 2.07. The highest BCUT2D eigenvalue weighted by molar-refractivity contribution is 7.71. The number of nitrogens with zero attached hydrogens (tertiary/aromatic N) is 2. The van der Waals surface area contributed by atoms with Crippen molar-refractivity contribution in [3.8, 4) is 0 Å². The van der Waals surface area contributed by atoms with E-state index >= 15 is 0 Å². The van der Waals surface area contributed by atoms with E-state index in [1.54, 1.807) is 6.33 Å². The Bertz CT molecular complexity index is 287. The van der Waals surface area contributed by atoms with Crippen LogP contribution in [0.25, 0.3) is 0 Å². The van der Waals surface area contributed by atoms with Crippen molar-refractivity contribution in [1.82, 2.24) is 14.8 Å². The van der Waals surface area contributed by atoms with Crippen LogP contribution < -0.4 is 0 Å². The molecule has 1 N–H and O–H groups in total. The van der Waals surface area contributed by atoms with Crippen LogP contribution in [0.15, 0.2) is 6.33 Å². The normalized spacial score (nSPS) is 11.0. The zero-order chi connectivity index (χ0) is 9.68. The quantitative estimate of drug-likeness (QED) is 0.584. The number of H-pyrrole nitrogens is 1. The minimum atomic E-state index is 0.726. The van der Waals surface area contributed by atoms with Crippen molar-refractivity contribution in [1.29, 1.82) is 0 Å². The Morgan fingerprint density at radius 2 is 2.31 bits per heavy atom. The van der Waals surface area contributed by atoms with E-state index in [0.717, 1.165) is 17.2 Å². The average Bonchev–Trinajstić information content (AvgIpc) is 2.45. The van der Waals surface area contributed by atoms with Gasteiger partial charge in [0.05, 0.1) is 0 Å². The molecule has 0 aliphatic rings. The predicted octanol–water partition coefficient (Wildman–Crippen LogP) is 2.77. The molecule has 1 aromatic rings. The van der Waals surface area contributed by atoms with E-state index in [1.165, 1.54) is 19.3 Å². The van der Waals surface area contributed by atoms with Crippen molar-refractivity contribution in [2.75, 3.05) is 0 Å². The second kappa shape index (κ2) is 5.17. The largest absolute Gasteiger partial charge is 0.307 e. The van der Waals surface area contributed by atoms with E-state index < -0.39 is 0 Å². The van der Waals surface area contributed by atoms with Crippen LogP contribution >= 0.6 is 12.2 Å². The Labute approximate surface area is 84.2 Å². The van der Waals surface area contributed by atoms with Crippen molar-refractivity contribution < 1.29 is 0 Å². The molecule has 13 heavy (non-hydrogen) atoms. The summed E-state index contributed by atoms with van der Waals surface area (Å²) in [6.45, 7) is 5.50. The van der Waals surface area contributed by atoms with Gasteiger partial charge in [0.2, 0.25) is 0 Å². The van der Waals surface area contributed by atoms with Gasteiger partial charge in [0.1, 0.15) is 6.33 Å². The summed E-state index contributed by atoms with van der Waals surface area (Å²) in [5.74, 6) is 0.803. The van der Waals surface area contributed by atoms with Gasteiger partial charge in [0, 0.05) is 6.54 Å². The number of aryl methyl sites for hydroxylation is 1. The third-order valence-corrected chi connectivity index (χ3v) is 2.37. The molecule has 74 valence electrons. The first-order chi connectivity index (χ1) is 6.20. The maximum atomic E-state index is 5.03. The first-order valence-electron chi connectivity index (χ1n) is 4.80. The molecule has 0 aliphatic heterocycles. The minimum Gasteiger partial charge on any atom is -0.307 e. The van der Waals surface area contributed by atoms with Gasteiger partial charge in [0.25, 0.3) is 0 Å². The van der Waals surface area contributed by atoms with E-state index in [1.807, 2.05) is 4.57 Å². The van der Waals surface area contributed by atoms with Gasteiger partial charge in [-0.15, -0.1) is 0 Å². The van der Waals surface area contributed by atoms with Gasteiger partial charge in [-0.25, -0.2) is 0 Å². The number of rotatable bonds is 5. The first-order valence-corrected chi connectivity index (χ1v) is 5.21. The zero-order valence-electron chi connectivity index (χ0n) is 8.29. The lowest BCUT2D eigenvalue weighted by Crippen LogP contribution is -1.97. The zero-order valence-corrected chi connectivity index (χ0v) is 9.10. The van der Waals surface area contributed by atoms with E-state index in [-0.39, 0.29) is 0 Å². The molecule has 4 heteroatoms. The maximum absolute atomic E-state index is 5.03. The lowest BCUT2D eigenvalue weighted by molar-refractivity contribution is 0.507. The van der Waals surface area contributed by atoms with Gasteiger partial charge in [0.15, 0.2) is 4.77 Å². The number of nitrogens with one attached hydrogen (secondary N) is 1. The van der Waals surface area contributed by atoms with Crippen LogP contribution in [0.1, 0.15) is 33.1 Å². The van der Waals surface area contributed by atoms with Crippen LogP contribution in [-0.2, 0) is 6.54 Å². The molecule has 0 aromatic carbocycles. The molecule has 0 spiro atoms. The molecular formula is C9H17N3S. The molecule has 1 rings (SSSR count). The number of hydrogen-bond donors (Lipinski definition) is 1. The fourth-order valence-corrected chi connectivity index (χ4v) is 1.46.